The van der Waals surface area contributed by atoms with Crippen molar-refractivity contribution in [2.24, 2.45) is 11.1 Å². The summed E-state index contributed by atoms with van der Waals surface area (Å²) in [5.74, 6) is 0.0265. The lowest BCUT2D eigenvalue weighted by molar-refractivity contribution is -0.118. The standard InChI is InChI=1S/C15H22BrN3O/c1-15(2)10-19(8-7-13(15)17)9-14(20)18-12-5-3-11(16)4-6-12/h3-6,13H,7-10,17H2,1-2H3,(H,18,20). The first-order chi connectivity index (χ1) is 9.37. The van der Waals surface area contributed by atoms with E-state index in [2.05, 4.69) is 40.0 Å². The molecule has 1 heterocycles. The molecule has 3 N–H and O–H groups in total. The number of nitrogens with zero attached hydrogens (tertiary/aromatic N) is 1. The minimum Gasteiger partial charge on any atom is -0.327 e. The van der Waals surface area contributed by atoms with E-state index in [4.69, 9.17) is 5.73 Å². The van der Waals surface area contributed by atoms with Crippen LogP contribution < -0.4 is 11.1 Å². The van der Waals surface area contributed by atoms with Gasteiger partial charge in [-0.15, -0.1) is 0 Å². The van der Waals surface area contributed by atoms with Gasteiger partial charge in [0.1, 0.15) is 0 Å². The lowest BCUT2D eigenvalue weighted by Crippen LogP contribution is -2.53. The molecule has 1 unspecified atom stereocenters. The van der Waals surface area contributed by atoms with Gasteiger partial charge in [-0.3, -0.25) is 9.69 Å². The van der Waals surface area contributed by atoms with Gasteiger partial charge >= 0.3 is 0 Å². The number of carbonyl (C=O) groups excluding carboxylic acids is 1. The summed E-state index contributed by atoms with van der Waals surface area (Å²) >= 11 is 3.38. The van der Waals surface area contributed by atoms with Gasteiger partial charge in [0.2, 0.25) is 5.91 Å². The second-order valence-corrected chi connectivity index (χ2v) is 7.07. The largest absolute Gasteiger partial charge is 0.327 e. The van der Waals surface area contributed by atoms with E-state index in [9.17, 15) is 4.79 Å². The Kier molecular flexibility index (Phi) is 4.83. The fraction of sp³-hybridized carbons (Fsp3) is 0.533. The summed E-state index contributed by atoms with van der Waals surface area (Å²) in [7, 11) is 0. The number of carbonyl (C=O) groups is 1. The maximum atomic E-state index is 12.1. The number of piperidine rings is 1. The zero-order chi connectivity index (χ0) is 14.8. The predicted octanol–water partition coefficient (Wildman–Crippen LogP) is 2.45. The molecule has 110 valence electrons. The fourth-order valence-corrected chi connectivity index (χ4v) is 2.82. The SMILES string of the molecule is CC1(C)CN(CC(=O)Nc2ccc(Br)cc2)CCC1N. The zero-order valence-electron chi connectivity index (χ0n) is 12.0. The molecule has 1 saturated heterocycles. The topological polar surface area (TPSA) is 58.4 Å². The first-order valence-electron chi connectivity index (χ1n) is 6.90. The normalized spacial score (nSPS) is 22.5. The third kappa shape index (κ3) is 4.04. The van der Waals surface area contributed by atoms with Gasteiger partial charge < -0.3 is 11.1 Å². The molecule has 20 heavy (non-hydrogen) atoms. The summed E-state index contributed by atoms with van der Waals surface area (Å²) < 4.78 is 1.00. The molecule has 0 aromatic heterocycles. The Morgan fingerprint density at radius 3 is 2.70 bits per heavy atom. The number of nitrogens with two attached hydrogens (primary N) is 1. The molecule has 1 aromatic rings. The molecular formula is C15H22BrN3O. The fourth-order valence-electron chi connectivity index (χ4n) is 2.56. The lowest BCUT2D eigenvalue weighted by Gasteiger charge is -2.42. The van der Waals surface area contributed by atoms with Crippen LogP contribution in [0.15, 0.2) is 28.7 Å². The third-order valence-corrected chi connectivity index (χ3v) is 4.42. The molecule has 2 rings (SSSR count). The van der Waals surface area contributed by atoms with Crippen molar-refractivity contribution in [3.8, 4) is 0 Å². The molecule has 0 radical (unpaired) electrons. The van der Waals surface area contributed by atoms with Gasteiger partial charge in [-0.2, -0.15) is 0 Å². The Morgan fingerprint density at radius 2 is 2.10 bits per heavy atom. The van der Waals surface area contributed by atoms with E-state index < -0.39 is 0 Å². The van der Waals surface area contributed by atoms with Crippen LogP contribution in [0.1, 0.15) is 20.3 Å². The smallest absolute Gasteiger partial charge is 0.238 e. The van der Waals surface area contributed by atoms with E-state index in [0.29, 0.717) is 6.54 Å². The number of halogens is 1. The van der Waals surface area contributed by atoms with Crippen LogP contribution in [-0.2, 0) is 4.79 Å². The average molecular weight is 340 g/mol. The van der Waals surface area contributed by atoms with Crippen molar-refractivity contribution in [1.82, 2.24) is 4.90 Å². The van der Waals surface area contributed by atoms with Gasteiger partial charge in [-0.05, 0) is 36.1 Å². The average Bonchev–Trinajstić information content (AvgIpc) is 2.36. The van der Waals surface area contributed by atoms with Gasteiger partial charge in [0.25, 0.3) is 0 Å². The molecule has 1 aliphatic rings. The zero-order valence-corrected chi connectivity index (χ0v) is 13.6. The first kappa shape index (κ1) is 15.5. The van der Waals surface area contributed by atoms with Crippen molar-refractivity contribution in [2.75, 3.05) is 25.0 Å². The Bertz CT molecular complexity index is 473. The first-order valence-corrected chi connectivity index (χ1v) is 7.69. The Morgan fingerprint density at radius 1 is 1.45 bits per heavy atom. The summed E-state index contributed by atoms with van der Waals surface area (Å²) in [6, 6.07) is 7.82. The Balaban J connectivity index is 1.87. The van der Waals surface area contributed by atoms with Crippen molar-refractivity contribution in [3.63, 3.8) is 0 Å². The lowest BCUT2D eigenvalue weighted by atomic mass is 9.80. The molecule has 1 atom stereocenters. The van der Waals surface area contributed by atoms with Crippen molar-refractivity contribution < 1.29 is 4.79 Å². The molecule has 1 aromatic carbocycles. The van der Waals surface area contributed by atoms with Crippen LogP contribution >= 0.6 is 15.9 Å². The van der Waals surface area contributed by atoms with Crippen LogP contribution in [0, 0.1) is 5.41 Å². The molecule has 1 amide bonds. The van der Waals surface area contributed by atoms with E-state index >= 15 is 0 Å². The summed E-state index contributed by atoms with van der Waals surface area (Å²) in [6.45, 7) is 6.50. The van der Waals surface area contributed by atoms with Crippen molar-refractivity contribution in [2.45, 2.75) is 26.3 Å². The summed E-state index contributed by atoms with van der Waals surface area (Å²) in [4.78, 5) is 14.2. The second kappa shape index (κ2) is 6.24. The number of anilines is 1. The van der Waals surface area contributed by atoms with Crippen LogP contribution in [0.4, 0.5) is 5.69 Å². The van der Waals surface area contributed by atoms with Crippen molar-refractivity contribution in [1.29, 1.82) is 0 Å². The van der Waals surface area contributed by atoms with Gasteiger partial charge in [0, 0.05) is 29.3 Å². The Labute approximate surface area is 128 Å². The molecule has 1 aliphatic heterocycles. The number of nitrogens with one attached hydrogen (secondary N) is 1. The number of rotatable bonds is 3. The van der Waals surface area contributed by atoms with E-state index in [0.717, 1.165) is 29.7 Å². The third-order valence-electron chi connectivity index (χ3n) is 3.89. The van der Waals surface area contributed by atoms with E-state index in [1.54, 1.807) is 0 Å². The maximum Gasteiger partial charge on any atom is 0.238 e. The minimum atomic E-state index is 0.0265. The Hall–Kier alpha value is -0.910. The quantitative estimate of drug-likeness (QED) is 0.889. The number of benzene rings is 1. The van der Waals surface area contributed by atoms with Gasteiger partial charge in [0.05, 0.1) is 6.54 Å². The van der Waals surface area contributed by atoms with Gasteiger partial charge in [0.15, 0.2) is 0 Å². The molecule has 0 aliphatic carbocycles. The van der Waals surface area contributed by atoms with Crippen LogP contribution in [0.25, 0.3) is 0 Å². The molecule has 4 nitrogen and oxygen atoms in total. The highest BCUT2D eigenvalue weighted by atomic mass is 79.9. The predicted molar refractivity (Wildman–Crippen MR) is 85.6 cm³/mol. The van der Waals surface area contributed by atoms with E-state index in [1.165, 1.54) is 0 Å². The highest BCUT2D eigenvalue weighted by Crippen LogP contribution is 2.27. The van der Waals surface area contributed by atoms with Gasteiger partial charge in [-0.1, -0.05) is 29.8 Å². The van der Waals surface area contributed by atoms with Crippen LogP contribution in [0.2, 0.25) is 0 Å². The molecule has 0 spiro atoms. The van der Waals surface area contributed by atoms with Crippen molar-refractivity contribution >= 4 is 27.5 Å². The van der Waals surface area contributed by atoms with E-state index in [1.807, 2.05) is 24.3 Å². The molecule has 1 fully saturated rings. The number of hydrogen-bond donors (Lipinski definition) is 2. The minimum absolute atomic E-state index is 0.0265. The highest BCUT2D eigenvalue weighted by molar-refractivity contribution is 9.10. The summed E-state index contributed by atoms with van der Waals surface area (Å²) in [5, 5.41) is 2.92. The van der Waals surface area contributed by atoms with Crippen LogP contribution in [-0.4, -0.2) is 36.5 Å². The molecule has 5 heteroatoms. The van der Waals surface area contributed by atoms with Crippen LogP contribution in [0.5, 0.6) is 0 Å². The molecular weight excluding hydrogens is 318 g/mol. The number of likely N-dealkylation sites (tertiary alicyclic amines) is 1. The van der Waals surface area contributed by atoms with Gasteiger partial charge in [-0.25, -0.2) is 0 Å². The molecule has 0 bridgehead atoms. The summed E-state index contributed by atoms with van der Waals surface area (Å²) in [6.07, 6.45) is 0.943. The monoisotopic (exact) mass is 339 g/mol. The highest BCUT2D eigenvalue weighted by Gasteiger charge is 2.33. The van der Waals surface area contributed by atoms with Crippen molar-refractivity contribution in [3.05, 3.63) is 28.7 Å². The number of hydrogen-bond acceptors (Lipinski definition) is 3. The maximum absolute atomic E-state index is 12.1. The number of amides is 1. The molecule has 0 saturated carbocycles. The second-order valence-electron chi connectivity index (χ2n) is 6.15. The van der Waals surface area contributed by atoms with E-state index in [-0.39, 0.29) is 17.4 Å². The summed E-state index contributed by atoms with van der Waals surface area (Å²) in [5.41, 5.74) is 7.00. The van der Waals surface area contributed by atoms with Crippen LogP contribution in [0.3, 0.4) is 0 Å².